The molecule has 0 aliphatic heterocycles. The molecular weight excluding hydrogens is 430 g/mol. The molecule has 0 amide bonds. The second kappa shape index (κ2) is 8.23. The lowest BCUT2D eigenvalue weighted by Crippen LogP contribution is -2.17. The summed E-state index contributed by atoms with van der Waals surface area (Å²) < 4.78 is 15.1. The monoisotopic (exact) mass is 442 g/mol. The van der Waals surface area contributed by atoms with Gasteiger partial charge in [0.15, 0.2) is 10.9 Å². The van der Waals surface area contributed by atoms with Crippen LogP contribution in [-0.2, 0) is 5.67 Å². The predicted molar refractivity (Wildman–Crippen MR) is 109 cm³/mol. The van der Waals surface area contributed by atoms with Crippen molar-refractivity contribution in [2.24, 2.45) is 0 Å². The van der Waals surface area contributed by atoms with Crippen molar-refractivity contribution < 1.29 is 9.18 Å². The summed E-state index contributed by atoms with van der Waals surface area (Å²) in [6, 6.07) is 8.20. The highest BCUT2D eigenvalue weighted by Crippen LogP contribution is 2.38. The Kier molecular flexibility index (Phi) is 6.16. The van der Waals surface area contributed by atoms with Gasteiger partial charge in [0.1, 0.15) is 15.6 Å². The number of aromatic nitrogens is 2. The molecule has 1 atom stereocenters. The van der Waals surface area contributed by atoms with Crippen molar-refractivity contribution in [2.45, 2.75) is 25.4 Å². The van der Waals surface area contributed by atoms with Gasteiger partial charge < -0.3 is 0 Å². The molecule has 0 radical (unpaired) electrons. The average molecular weight is 444 g/mol. The fraction of sp³-hybridized carbons (Fsp3) is 0.211. The molecule has 8 heteroatoms. The highest BCUT2D eigenvalue weighted by molar-refractivity contribution is 7.17. The van der Waals surface area contributed by atoms with Gasteiger partial charge in [-0.3, -0.25) is 9.78 Å². The van der Waals surface area contributed by atoms with Gasteiger partial charge in [0.25, 0.3) is 0 Å². The normalized spacial score (nSPS) is 13.4. The van der Waals surface area contributed by atoms with E-state index >= 15 is 4.39 Å². The first-order chi connectivity index (χ1) is 12.8. The van der Waals surface area contributed by atoms with Crippen molar-refractivity contribution in [3.05, 3.63) is 68.4 Å². The standard InChI is InChI=1S/C19H14Cl3FN2OS/c1-19(23,13-5-4-12(20)9-14(13)21)7-6-15(26)16-17(22)25-18(27-16)11-3-2-8-24-10-11/h2-5,8-10H,6-7H2,1H3. The molecular formula is C19H14Cl3FN2OS. The van der Waals surface area contributed by atoms with Crippen LogP contribution in [0.4, 0.5) is 4.39 Å². The summed E-state index contributed by atoms with van der Waals surface area (Å²) in [4.78, 5) is 21.1. The number of halogens is 4. The first-order valence-electron chi connectivity index (χ1n) is 8.02. The topological polar surface area (TPSA) is 42.9 Å². The van der Waals surface area contributed by atoms with Crippen molar-refractivity contribution >= 4 is 51.9 Å². The molecule has 0 aliphatic carbocycles. The van der Waals surface area contributed by atoms with Crippen LogP contribution in [0.1, 0.15) is 35.0 Å². The molecule has 0 saturated carbocycles. The van der Waals surface area contributed by atoms with Crippen LogP contribution in [0.2, 0.25) is 15.2 Å². The highest BCUT2D eigenvalue weighted by Gasteiger charge is 2.30. The third-order valence-electron chi connectivity index (χ3n) is 4.06. The molecule has 3 rings (SSSR count). The maximum absolute atomic E-state index is 15.1. The third kappa shape index (κ3) is 4.66. The maximum Gasteiger partial charge on any atom is 0.176 e. The van der Waals surface area contributed by atoms with E-state index in [1.165, 1.54) is 30.4 Å². The van der Waals surface area contributed by atoms with E-state index in [-0.39, 0.29) is 28.8 Å². The Morgan fingerprint density at radius 3 is 2.70 bits per heavy atom. The molecule has 140 valence electrons. The number of alkyl halides is 1. The Labute approximate surface area is 175 Å². The number of hydrogen-bond acceptors (Lipinski definition) is 4. The molecule has 0 N–H and O–H groups in total. The summed E-state index contributed by atoms with van der Waals surface area (Å²) in [6.45, 7) is 1.39. The number of pyridine rings is 1. The summed E-state index contributed by atoms with van der Waals surface area (Å²) in [6.07, 6.45) is 3.23. The lowest BCUT2D eigenvalue weighted by atomic mass is 9.92. The number of nitrogens with zero attached hydrogens (tertiary/aromatic N) is 2. The molecule has 2 aromatic heterocycles. The molecule has 3 aromatic rings. The van der Waals surface area contributed by atoms with Crippen molar-refractivity contribution in [3.63, 3.8) is 0 Å². The molecule has 2 heterocycles. The summed E-state index contributed by atoms with van der Waals surface area (Å²) >= 11 is 19.3. The number of Topliss-reactive ketones (excluding diaryl/α,β-unsaturated/α-hetero) is 1. The van der Waals surface area contributed by atoms with Gasteiger partial charge >= 0.3 is 0 Å². The first kappa shape index (κ1) is 20.2. The predicted octanol–water partition coefficient (Wildman–Crippen LogP) is 7.01. The molecule has 0 fully saturated rings. The minimum atomic E-state index is -1.78. The number of hydrogen-bond donors (Lipinski definition) is 0. The van der Waals surface area contributed by atoms with Crippen molar-refractivity contribution in [1.29, 1.82) is 0 Å². The summed E-state index contributed by atoms with van der Waals surface area (Å²) in [5.74, 6) is -0.262. The van der Waals surface area contributed by atoms with Crippen LogP contribution in [0.25, 0.3) is 10.6 Å². The SMILES string of the molecule is CC(F)(CCC(=O)c1sc(-c2cccnc2)nc1Cl)c1ccc(Cl)cc1Cl. The second-order valence-electron chi connectivity index (χ2n) is 6.13. The number of rotatable bonds is 6. The Morgan fingerprint density at radius 2 is 2.04 bits per heavy atom. The highest BCUT2D eigenvalue weighted by atomic mass is 35.5. The number of carbonyl (C=O) groups is 1. The van der Waals surface area contributed by atoms with E-state index in [1.54, 1.807) is 24.5 Å². The van der Waals surface area contributed by atoms with E-state index in [2.05, 4.69) is 9.97 Å². The molecule has 3 nitrogen and oxygen atoms in total. The van der Waals surface area contributed by atoms with Crippen LogP contribution >= 0.6 is 46.1 Å². The van der Waals surface area contributed by atoms with Crippen LogP contribution in [0.3, 0.4) is 0 Å². The minimum absolute atomic E-state index is 0.0274. The summed E-state index contributed by atoms with van der Waals surface area (Å²) in [5.41, 5.74) is -0.708. The van der Waals surface area contributed by atoms with E-state index < -0.39 is 5.67 Å². The summed E-state index contributed by atoms with van der Waals surface area (Å²) in [7, 11) is 0. The number of thiazole rings is 1. The molecule has 27 heavy (non-hydrogen) atoms. The number of ketones is 1. The summed E-state index contributed by atoms with van der Waals surface area (Å²) in [5, 5.41) is 1.37. The zero-order valence-corrected chi connectivity index (χ0v) is 17.3. The van der Waals surface area contributed by atoms with Crippen LogP contribution in [-0.4, -0.2) is 15.8 Å². The molecule has 1 aromatic carbocycles. The van der Waals surface area contributed by atoms with E-state index in [9.17, 15) is 4.79 Å². The van der Waals surface area contributed by atoms with Crippen LogP contribution < -0.4 is 0 Å². The van der Waals surface area contributed by atoms with Gasteiger partial charge in [-0.25, -0.2) is 9.37 Å². The lowest BCUT2D eigenvalue weighted by molar-refractivity contribution is 0.0937. The Balaban J connectivity index is 1.75. The largest absolute Gasteiger partial charge is 0.293 e. The van der Waals surface area contributed by atoms with Gasteiger partial charge in [-0.1, -0.05) is 40.9 Å². The fourth-order valence-electron chi connectivity index (χ4n) is 2.59. The average Bonchev–Trinajstić information content (AvgIpc) is 3.02. The van der Waals surface area contributed by atoms with Crippen molar-refractivity contribution in [2.75, 3.05) is 0 Å². The van der Waals surface area contributed by atoms with Crippen LogP contribution in [0.15, 0.2) is 42.7 Å². The number of benzene rings is 1. The van der Waals surface area contributed by atoms with Crippen LogP contribution in [0, 0.1) is 0 Å². The third-order valence-corrected chi connectivity index (χ3v) is 6.14. The Hall–Kier alpha value is -1.53. The molecule has 0 aliphatic rings. The van der Waals surface area contributed by atoms with Gasteiger partial charge in [0, 0.05) is 40.0 Å². The van der Waals surface area contributed by atoms with E-state index in [4.69, 9.17) is 34.8 Å². The van der Waals surface area contributed by atoms with Crippen molar-refractivity contribution in [1.82, 2.24) is 9.97 Å². The second-order valence-corrected chi connectivity index (χ2v) is 8.33. The smallest absolute Gasteiger partial charge is 0.176 e. The fourth-order valence-corrected chi connectivity index (χ4v) is 4.47. The van der Waals surface area contributed by atoms with Crippen molar-refractivity contribution in [3.8, 4) is 10.6 Å². The maximum atomic E-state index is 15.1. The minimum Gasteiger partial charge on any atom is -0.293 e. The Morgan fingerprint density at radius 1 is 1.26 bits per heavy atom. The number of carbonyl (C=O) groups excluding carboxylic acids is 1. The van der Waals surface area contributed by atoms with Gasteiger partial charge in [-0.05, 0) is 37.6 Å². The molecule has 0 saturated heterocycles. The zero-order valence-electron chi connectivity index (χ0n) is 14.2. The molecule has 0 spiro atoms. The first-order valence-corrected chi connectivity index (χ1v) is 9.97. The van der Waals surface area contributed by atoms with Gasteiger partial charge in [0.2, 0.25) is 0 Å². The lowest BCUT2D eigenvalue weighted by Gasteiger charge is -2.21. The zero-order chi connectivity index (χ0) is 19.6. The molecule has 0 bridgehead atoms. The van der Waals surface area contributed by atoms with E-state index in [0.717, 1.165) is 5.56 Å². The van der Waals surface area contributed by atoms with E-state index in [1.807, 2.05) is 6.07 Å². The Bertz CT molecular complexity index is 976. The van der Waals surface area contributed by atoms with Gasteiger partial charge in [-0.15, -0.1) is 11.3 Å². The van der Waals surface area contributed by atoms with Gasteiger partial charge in [0.05, 0.1) is 0 Å². The van der Waals surface area contributed by atoms with E-state index in [0.29, 0.717) is 20.5 Å². The van der Waals surface area contributed by atoms with Crippen LogP contribution in [0.5, 0.6) is 0 Å². The molecule has 1 unspecified atom stereocenters. The van der Waals surface area contributed by atoms with Gasteiger partial charge in [-0.2, -0.15) is 0 Å². The quantitative estimate of drug-likeness (QED) is 0.385.